The van der Waals surface area contributed by atoms with Crippen molar-refractivity contribution < 1.29 is 27.5 Å². The number of hydrogen-bond donors (Lipinski definition) is 2. The summed E-state index contributed by atoms with van der Waals surface area (Å²) in [5.41, 5.74) is 0.213. The Bertz CT molecular complexity index is 630. The third kappa shape index (κ3) is 6.30. The zero-order valence-corrected chi connectivity index (χ0v) is 13.7. The summed E-state index contributed by atoms with van der Waals surface area (Å²) >= 11 is 0. The van der Waals surface area contributed by atoms with Gasteiger partial charge in [0.15, 0.2) is 5.03 Å². The fourth-order valence-electron chi connectivity index (χ4n) is 1.48. The Morgan fingerprint density at radius 2 is 2.04 bits per heavy atom. The monoisotopic (exact) mass is 345 g/mol. The van der Waals surface area contributed by atoms with Crippen LogP contribution in [0.4, 0.5) is 0 Å². The minimum absolute atomic E-state index is 0.143. The number of carbonyl (C=O) groups excluding carboxylic acids is 2. The van der Waals surface area contributed by atoms with Crippen molar-refractivity contribution >= 4 is 21.9 Å². The Morgan fingerprint density at radius 1 is 1.30 bits per heavy atom. The first kappa shape index (κ1) is 19.0. The molecular formula is C13H19N3O6S. The third-order valence-electron chi connectivity index (χ3n) is 2.60. The van der Waals surface area contributed by atoms with Crippen LogP contribution in [0.3, 0.4) is 0 Å². The molecule has 0 aliphatic carbocycles. The predicted octanol–water partition coefficient (Wildman–Crippen LogP) is -0.701. The fourth-order valence-corrected chi connectivity index (χ4v) is 2.12. The highest BCUT2D eigenvalue weighted by molar-refractivity contribution is 7.89. The molecule has 9 nitrogen and oxygen atoms in total. The van der Waals surface area contributed by atoms with Gasteiger partial charge < -0.3 is 14.8 Å². The molecule has 0 aromatic carbocycles. The molecule has 0 atom stereocenters. The molecule has 1 aromatic rings. The van der Waals surface area contributed by atoms with E-state index in [1.54, 1.807) is 6.92 Å². The number of aromatic nitrogens is 1. The quantitative estimate of drug-likeness (QED) is 0.448. The lowest BCUT2D eigenvalue weighted by Gasteiger charge is -2.07. The molecule has 1 heterocycles. The Labute approximate surface area is 134 Å². The Hall–Kier alpha value is -2.04. The van der Waals surface area contributed by atoms with Crippen LogP contribution in [0.1, 0.15) is 17.3 Å². The number of carbonyl (C=O) groups is 2. The molecule has 0 unspecified atom stereocenters. The highest BCUT2D eigenvalue weighted by atomic mass is 32.2. The van der Waals surface area contributed by atoms with Gasteiger partial charge in [0.2, 0.25) is 0 Å². The number of hydrogen-bond acceptors (Lipinski definition) is 7. The van der Waals surface area contributed by atoms with Crippen LogP contribution in [0.15, 0.2) is 23.4 Å². The lowest BCUT2D eigenvalue weighted by Crippen LogP contribution is -2.28. The summed E-state index contributed by atoms with van der Waals surface area (Å²) in [6.07, 6.45) is 1.17. The van der Waals surface area contributed by atoms with E-state index in [0.29, 0.717) is 0 Å². The van der Waals surface area contributed by atoms with E-state index in [1.807, 2.05) is 0 Å². The second-order valence-corrected chi connectivity index (χ2v) is 6.04. The standard InChI is InChI=1S/C13H19N3O6S/c1-3-22-12(17)9-21-7-6-15-13(18)10-4-5-11(16-8-10)23(19,20)14-2/h4-5,8,14H,3,6-7,9H2,1-2H3,(H,15,18). The van der Waals surface area contributed by atoms with Gasteiger partial charge in [0, 0.05) is 12.7 Å². The van der Waals surface area contributed by atoms with Crippen LogP contribution < -0.4 is 10.0 Å². The highest BCUT2D eigenvalue weighted by Crippen LogP contribution is 2.05. The van der Waals surface area contributed by atoms with Gasteiger partial charge in [0.05, 0.1) is 18.8 Å². The molecule has 0 spiro atoms. The van der Waals surface area contributed by atoms with Crippen LogP contribution in [0, 0.1) is 0 Å². The summed E-state index contributed by atoms with van der Waals surface area (Å²) in [5, 5.41) is 2.38. The van der Waals surface area contributed by atoms with Gasteiger partial charge in [0.25, 0.3) is 15.9 Å². The normalized spacial score (nSPS) is 11.0. The van der Waals surface area contributed by atoms with Gasteiger partial charge in [-0.05, 0) is 26.1 Å². The predicted molar refractivity (Wildman–Crippen MR) is 80.3 cm³/mol. The van der Waals surface area contributed by atoms with Gasteiger partial charge in [-0.1, -0.05) is 0 Å². The van der Waals surface area contributed by atoms with E-state index < -0.39 is 21.9 Å². The van der Waals surface area contributed by atoms with E-state index in [1.165, 1.54) is 25.4 Å². The Morgan fingerprint density at radius 3 is 2.61 bits per heavy atom. The van der Waals surface area contributed by atoms with Crippen LogP contribution in [0.25, 0.3) is 0 Å². The molecule has 10 heteroatoms. The molecule has 0 bridgehead atoms. The van der Waals surface area contributed by atoms with Crippen molar-refractivity contribution in [2.24, 2.45) is 0 Å². The van der Waals surface area contributed by atoms with Crippen LogP contribution >= 0.6 is 0 Å². The van der Waals surface area contributed by atoms with E-state index in [2.05, 4.69) is 19.8 Å². The van der Waals surface area contributed by atoms with Crippen molar-refractivity contribution in [1.29, 1.82) is 0 Å². The Balaban J connectivity index is 2.40. The van der Waals surface area contributed by atoms with Crippen LogP contribution in [-0.4, -0.2) is 58.7 Å². The van der Waals surface area contributed by atoms with E-state index in [-0.39, 0.29) is 37.0 Å². The zero-order valence-electron chi connectivity index (χ0n) is 12.9. The van der Waals surface area contributed by atoms with Crippen molar-refractivity contribution in [2.75, 3.05) is 33.4 Å². The van der Waals surface area contributed by atoms with E-state index in [4.69, 9.17) is 4.74 Å². The summed E-state index contributed by atoms with van der Waals surface area (Å²) in [4.78, 5) is 26.5. The topological polar surface area (TPSA) is 124 Å². The smallest absolute Gasteiger partial charge is 0.332 e. The minimum atomic E-state index is -3.63. The van der Waals surface area contributed by atoms with Crippen molar-refractivity contribution in [2.45, 2.75) is 11.9 Å². The average molecular weight is 345 g/mol. The number of nitrogens with zero attached hydrogens (tertiary/aromatic N) is 1. The van der Waals surface area contributed by atoms with Crippen molar-refractivity contribution in [3.63, 3.8) is 0 Å². The first-order chi connectivity index (χ1) is 10.9. The van der Waals surface area contributed by atoms with Crippen molar-refractivity contribution in [1.82, 2.24) is 15.0 Å². The maximum Gasteiger partial charge on any atom is 0.332 e. The van der Waals surface area contributed by atoms with Crippen molar-refractivity contribution in [3.8, 4) is 0 Å². The summed E-state index contributed by atoms with van der Waals surface area (Å²) in [6.45, 7) is 2.13. The molecular weight excluding hydrogens is 326 g/mol. The molecule has 0 fully saturated rings. The molecule has 128 valence electrons. The summed E-state index contributed by atoms with van der Waals surface area (Å²) < 4.78 is 34.8. The van der Waals surface area contributed by atoms with Crippen LogP contribution in [-0.2, 0) is 24.3 Å². The van der Waals surface area contributed by atoms with Gasteiger partial charge in [-0.2, -0.15) is 0 Å². The van der Waals surface area contributed by atoms with E-state index in [9.17, 15) is 18.0 Å². The molecule has 0 saturated heterocycles. The first-order valence-corrected chi connectivity index (χ1v) is 8.30. The largest absolute Gasteiger partial charge is 0.464 e. The van der Waals surface area contributed by atoms with Gasteiger partial charge in [-0.3, -0.25) is 4.79 Å². The molecule has 0 radical (unpaired) electrons. The first-order valence-electron chi connectivity index (χ1n) is 6.82. The maximum atomic E-state index is 11.8. The van der Waals surface area contributed by atoms with Gasteiger partial charge in [0.1, 0.15) is 6.61 Å². The van der Waals surface area contributed by atoms with Gasteiger partial charge >= 0.3 is 5.97 Å². The molecule has 1 aromatic heterocycles. The molecule has 1 amide bonds. The fraction of sp³-hybridized carbons (Fsp3) is 0.462. The number of ether oxygens (including phenoxy) is 2. The molecule has 2 N–H and O–H groups in total. The average Bonchev–Trinajstić information content (AvgIpc) is 2.54. The summed E-state index contributed by atoms with van der Waals surface area (Å²) in [6, 6.07) is 2.59. The number of esters is 1. The van der Waals surface area contributed by atoms with Crippen molar-refractivity contribution in [3.05, 3.63) is 23.9 Å². The number of amides is 1. The van der Waals surface area contributed by atoms with E-state index in [0.717, 1.165) is 0 Å². The second-order valence-electron chi connectivity index (χ2n) is 4.21. The molecule has 23 heavy (non-hydrogen) atoms. The third-order valence-corrected chi connectivity index (χ3v) is 3.93. The second kappa shape index (κ2) is 9.18. The van der Waals surface area contributed by atoms with Crippen LogP contribution in [0.2, 0.25) is 0 Å². The number of pyridine rings is 1. The van der Waals surface area contributed by atoms with Gasteiger partial charge in [-0.25, -0.2) is 22.9 Å². The zero-order chi connectivity index (χ0) is 17.3. The number of nitrogens with one attached hydrogen (secondary N) is 2. The molecule has 0 aliphatic heterocycles. The van der Waals surface area contributed by atoms with Gasteiger partial charge in [-0.15, -0.1) is 0 Å². The van der Waals surface area contributed by atoms with Crippen LogP contribution in [0.5, 0.6) is 0 Å². The molecule has 1 rings (SSSR count). The SMILES string of the molecule is CCOC(=O)COCCNC(=O)c1ccc(S(=O)(=O)NC)nc1. The lowest BCUT2D eigenvalue weighted by molar-refractivity contribution is -0.148. The minimum Gasteiger partial charge on any atom is -0.464 e. The summed E-state index contributed by atoms with van der Waals surface area (Å²) in [7, 11) is -2.36. The summed E-state index contributed by atoms with van der Waals surface area (Å²) in [5.74, 6) is -0.894. The number of sulfonamides is 1. The van der Waals surface area contributed by atoms with E-state index >= 15 is 0 Å². The number of rotatable bonds is 9. The maximum absolute atomic E-state index is 11.8. The molecule has 0 saturated carbocycles. The molecule has 0 aliphatic rings. The lowest BCUT2D eigenvalue weighted by atomic mass is 10.3. The highest BCUT2D eigenvalue weighted by Gasteiger charge is 2.14. The Kier molecular flexibility index (Phi) is 7.59.